The van der Waals surface area contributed by atoms with Crippen LogP contribution in [0.1, 0.15) is 10.4 Å². The summed E-state index contributed by atoms with van der Waals surface area (Å²) in [6.07, 6.45) is -1.65. The number of benzene rings is 1. The Balaban J connectivity index is 1.72. The van der Waals surface area contributed by atoms with Crippen LogP contribution in [0.4, 0.5) is 24.0 Å². The Morgan fingerprint density at radius 3 is 2.69 bits per heavy atom. The molecule has 0 aliphatic heterocycles. The van der Waals surface area contributed by atoms with Gasteiger partial charge in [-0.1, -0.05) is 11.3 Å². The zero-order valence-corrected chi connectivity index (χ0v) is 13.6. The zero-order chi connectivity index (χ0) is 18.7. The van der Waals surface area contributed by atoms with Crippen molar-refractivity contribution in [3.05, 3.63) is 48.3 Å². The summed E-state index contributed by atoms with van der Waals surface area (Å²) in [6, 6.07) is 6.75. The molecule has 0 fully saturated rings. The summed E-state index contributed by atoms with van der Waals surface area (Å²) in [5, 5.41) is 11.1. The van der Waals surface area contributed by atoms with E-state index in [1.54, 1.807) is 24.5 Å². The number of nitrogens with zero attached hydrogens (tertiary/aromatic N) is 3. The molecule has 1 amide bonds. The largest absolute Gasteiger partial charge is 0.573 e. The number of nitrogens with two attached hydrogens (primary N) is 1. The van der Waals surface area contributed by atoms with Gasteiger partial charge in [-0.15, -0.1) is 23.4 Å². The molecule has 0 radical (unpaired) electrons. The van der Waals surface area contributed by atoms with Gasteiger partial charge in [-0.2, -0.15) is 0 Å². The number of halogens is 3. The third-order valence-corrected chi connectivity index (χ3v) is 3.94. The Hall–Kier alpha value is -3.21. The van der Waals surface area contributed by atoms with Crippen molar-refractivity contribution < 1.29 is 22.7 Å². The van der Waals surface area contributed by atoms with Crippen molar-refractivity contribution >= 4 is 28.1 Å². The molecule has 0 saturated carbocycles. The lowest BCUT2D eigenvalue weighted by Gasteiger charge is -2.11. The van der Waals surface area contributed by atoms with Gasteiger partial charge in [0.05, 0.1) is 5.69 Å². The Labute approximate surface area is 148 Å². The zero-order valence-electron chi connectivity index (χ0n) is 12.8. The van der Waals surface area contributed by atoms with Crippen LogP contribution in [0.25, 0.3) is 10.6 Å². The number of pyridine rings is 1. The lowest BCUT2D eigenvalue weighted by Crippen LogP contribution is -2.18. The highest BCUT2D eigenvalue weighted by atomic mass is 32.1. The molecule has 0 spiro atoms. The molecule has 0 atom stereocenters. The number of amides is 1. The van der Waals surface area contributed by atoms with E-state index < -0.39 is 18.0 Å². The van der Waals surface area contributed by atoms with E-state index in [9.17, 15) is 18.0 Å². The maximum atomic E-state index is 12.2. The van der Waals surface area contributed by atoms with Crippen molar-refractivity contribution in [3.8, 4) is 16.3 Å². The number of alkyl halides is 3. The van der Waals surface area contributed by atoms with Crippen molar-refractivity contribution in [2.45, 2.75) is 6.36 Å². The minimum atomic E-state index is -4.87. The molecule has 1 aromatic carbocycles. The molecule has 0 bridgehead atoms. The first-order chi connectivity index (χ1) is 12.3. The Morgan fingerprint density at radius 2 is 2.04 bits per heavy atom. The lowest BCUT2D eigenvalue weighted by molar-refractivity contribution is -0.274. The second-order valence-corrected chi connectivity index (χ2v) is 5.89. The van der Waals surface area contributed by atoms with Crippen LogP contribution >= 0.6 is 11.3 Å². The van der Waals surface area contributed by atoms with Crippen molar-refractivity contribution in [1.29, 1.82) is 0 Å². The fourth-order valence-electron chi connectivity index (χ4n) is 1.96. The maximum Gasteiger partial charge on any atom is 0.573 e. The molecule has 0 aliphatic carbocycles. The number of hydrogen-bond acceptors (Lipinski definition) is 7. The molecule has 3 rings (SSSR count). The third kappa shape index (κ3) is 4.25. The van der Waals surface area contributed by atoms with E-state index in [1.165, 1.54) is 0 Å². The van der Waals surface area contributed by atoms with E-state index in [0.717, 1.165) is 35.1 Å². The Kier molecular flexibility index (Phi) is 4.71. The minimum absolute atomic E-state index is 0.0511. The molecule has 3 aromatic rings. The van der Waals surface area contributed by atoms with Gasteiger partial charge in [-0.05, 0) is 30.3 Å². The quantitative estimate of drug-likeness (QED) is 0.672. The summed E-state index contributed by atoms with van der Waals surface area (Å²) in [4.78, 5) is 16.2. The molecule has 11 heteroatoms. The number of anilines is 2. The second kappa shape index (κ2) is 6.96. The number of carbonyl (C=O) groups excluding carboxylic acids is 1. The molecular formula is C15H10F3N5O2S. The van der Waals surface area contributed by atoms with E-state index in [2.05, 4.69) is 25.2 Å². The molecular weight excluding hydrogens is 371 g/mol. The summed E-state index contributed by atoms with van der Waals surface area (Å²) in [7, 11) is 0. The van der Waals surface area contributed by atoms with Crippen LogP contribution in [0.5, 0.6) is 5.75 Å². The van der Waals surface area contributed by atoms with Crippen molar-refractivity contribution in [2.24, 2.45) is 0 Å². The summed E-state index contributed by atoms with van der Waals surface area (Å²) in [5.41, 5.74) is 5.98. The molecule has 0 saturated heterocycles. The number of nitrogens with one attached hydrogen (secondary N) is 1. The van der Waals surface area contributed by atoms with Crippen molar-refractivity contribution in [2.75, 3.05) is 11.1 Å². The van der Waals surface area contributed by atoms with E-state index in [0.29, 0.717) is 5.01 Å². The van der Waals surface area contributed by atoms with E-state index in [4.69, 9.17) is 5.73 Å². The van der Waals surface area contributed by atoms with E-state index in [1.807, 2.05) is 0 Å². The minimum Gasteiger partial charge on any atom is -0.404 e. The van der Waals surface area contributed by atoms with Gasteiger partial charge in [0.15, 0.2) is 10.8 Å². The van der Waals surface area contributed by atoms with Crippen LogP contribution in [0, 0.1) is 0 Å². The van der Waals surface area contributed by atoms with Crippen LogP contribution in [0.15, 0.2) is 42.7 Å². The second-order valence-electron chi connectivity index (χ2n) is 4.91. The van der Waals surface area contributed by atoms with Crippen LogP contribution in [-0.2, 0) is 0 Å². The first-order valence-corrected chi connectivity index (χ1v) is 7.84. The van der Waals surface area contributed by atoms with E-state index in [-0.39, 0.29) is 16.4 Å². The van der Waals surface area contributed by atoms with Gasteiger partial charge in [-0.3, -0.25) is 15.1 Å². The summed E-state index contributed by atoms with van der Waals surface area (Å²) in [5.74, 6) is -1.17. The van der Waals surface area contributed by atoms with Gasteiger partial charge in [-0.25, -0.2) is 0 Å². The SMILES string of the molecule is Nc1cc(C(=O)Nc2nnc(-c3cccnc3)s2)ccc1OC(F)(F)F. The highest BCUT2D eigenvalue weighted by molar-refractivity contribution is 7.18. The topological polar surface area (TPSA) is 103 Å². The fraction of sp³-hybridized carbons (Fsp3) is 0.0667. The van der Waals surface area contributed by atoms with Gasteiger partial charge < -0.3 is 10.5 Å². The van der Waals surface area contributed by atoms with Gasteiger partial charge in [0, 0.05) is 23.5 Å². The number of aromatic nitrogens is 3. The van der Waals surface area contributed by atoms with Crippen molar-refractivity contribution in [3.63, 3.8) is 0 Å². The normalized spacial score (nSPS) is 11.2. The van der Waals surface area contributed by atoms with Crippen molar-refractivity contribution in [1.82, 2.24) is 15.2 Å². The summed E-state index contributed by atoms with van der Waals surface area (Å²) < 4.78 is 40.5. The highest BCUT2D eigenvalue weighted by Gasteiger charge is 2.32. The standard InChI is InChI=1S/C15H10F3N5O2S/c16-15(17,18)25-11-4-3-8(6-10(11)19)12(24)21-14-23-22-13(26-14)9-2-1-5-20-7-9/h1-7H,19H2,(H,21,23,24). The van der Waals surface area contributed by atoms with Crippen LogP contribution < -0.4 is 15.8 Å². The molecule has 7 nitrogen and oxygen atoms in total. The lowest BCUT2D eigenvalue weighted by atomic mass is 10.2. The predicted molar refractivity (Wildman–Crippen MR) is 88.6 cm³/mol. The number of rotatable bonds is 4. The maximum absolute atomic E-state index is 12.2. The average molecular weight is 381 g/mol. The molecule has 3 N–H and O–H groups in total. The van der Waals surface area contributed by atoms with E-state index >= 15 is 0 Å². The van der Waals surface area contributed by atoms with Crippen LogP contribution in [-0.4, -0.2) is 27.5 Å². The van der Waals surface area contributed by atoms with Crippen LogP contribution in [0.3, 0.4) is 0 Å². The molecule has 26 heavy (non-hydrogen) atoms. The number of nitrogen functional groups attached to an aromatic ring is 1. The average Bonchev–Trinajstić information content (AvgIpc) is 3.05. The molecule has 0 unspecified atom stereocenters. The highest BCUT2D eigenvalue weighted by Crippen LogP contribution is 2.30. The number of ether oxygens (including phenoxy) is 1. The first-order valence-electron chi connectivity index (χ1n) is 7.02. The molecule has 2 aromatic heterocycles. The molecule has 0 aliphatic rings. The summed E-state index contributed by atoms with van der Waals surface area (Å²) in [6.45, 7) is 0. The van der Waals surface area contributed by atoms with Crippen LogP contribution in [0.2, 0.25) is 0 Å². The van der Waals surface area contributed by atoms with Gasteiger partial charge in [0.1, 0.15) is 0 Å². The molecule has 2 heterocycles. The monoisotopic (exact) mass is 381 g/mol. The summed E-state index contributed by atoms with van der Waals surface area (Å²) >= 11 is 1.13. The Bertz CT molecular complexity index is 931. The van der Waals surface area contributed by atoms with Gasteiger partial charge >= 0.3 is 6.36 Å². The predicted octanol–water partition coefficient (Wildman–Crippen LogP) is 3.33. The van der Waals surface area contributed by atoms with Gasteiger partial charge in [0.25, 0.3) is 5.91 Å². The number of carbonyl (C=O) groups is 1. The smallest absolute Gasteiger partial charge is 0.404 e. The first kappa shape index (κ1) is 17.6. The Morgan fingerprint density at radius 1 is 1.23 bits per heavy atom. The third-order valence-electron chi connectivity index (χ3n) is 3.05. The van der Waals surface area contributed by atoms with Gasteiger partial charge in [0.2, 0.25) is 5.13 Å². The molecule has 134 valence electrons. The fourth-order valence-corrected chi connectivity index (χ4v) is 2.69. The number of hydrogen-bond donors (Lipinski definition) is 2.